The highest BCUT2D eigenvalue weighted by Crippen LogP contribution is 2.23. The maximum absolute atomic E-state index is 13.2. The maximum atomic E-state index is 13.2. The summed E-state index contributed by atoms with van der Waals surface area (Å²) in [6.45, 7) is 4.67. The molecule has 0 unspecified atom stereocenters. The van der Waals surface area contributed by atoms with Crippen molar-refractivity contribution in [2.45, 2.75) is 13.0 Å². The fraction of sp³-hybridized carbons (Fsp3) is 0.429. The van der Waals surface area contributed by atoms with Gasteiger partial charge in [-0.1, -0.05) is 5.16 Å². The van der Waals surface area contributed by atoms with E-state index < -0.39 is 0 Å². The summed E-state index contributed by atoms with van der Waals surface area (Å²) in [5.41, 5.74) is 0.732. The van der Waals surface area contributed by atoms with Crippen LogP contribution in [-0.4, -0.2) is 41.2 Å². The third-order valence-corrected chi connectivity index (χ3v) is 4.05. The number of halogens is 2. The topological polar surface area (TPSA) is 54.2 Å². The number of nitrogens with one attached hydrogen (secondary N) is 1. The summed E-state index contributed by atoms with van der Waals surface area (Å²) in [7, 11) is 0. The van der Waals surface area contributed by atoms with E-state index in [1.54, 1.807) is 12.1 Å². The highest BCUT2D eigenvalue weighted by molar-refractivity contribution is 9.10. The molecule has 0 amide bonds. The van der Waals surface area contributed by atoms with E-state index in [4.69, 9.17) is 4.52 Å². The Balaban J connectivity index is 1.71. The maximum Gasteiger partial charge on any atom is 0.241 e. The van der Waals surface area contributed by atoms with Gasteiger partial charge in [-0.2, -0.15) is 4.98 Å². The summed E-state index contributed by atoms with van der Waals surface area (Å²) in [4.78, 5) is 6.68. The molecule has 1 aliphatic rings. The summed E-state index contributed by atoms with van der Waals surface area (Å²) >= 11 is 3.16. The average molecular weight is 355 g/mol. The van der Waals surface area contributed by atoms with E-state index >= 15 is 0 Å². The normalized spacial score (nSPS) is 16.9. The number of rotatable bonds is 3. The van der Waals surface area contributed by atoms with Gasteiger partial charge in [-0.05, 0) is 53.6 Å². The SMILES string of the molecule is Fc1ccc(-c2noc(CN3CCCNCC3)n2)cc1Br. The van der Waals surface area contributed by atoms with Crippen molar-refractivity contribution in [2.24, 2.45) is 0 Å². The van der Waals surface area contributed by atoms with Crippen molar-refractivity contribution in [3.8, 4) is 11.4 Å². The molecule has 0 atom stereocenters. The monoisotopic (exact) mass is 354 g/mol. The van der Waals surface area contributed by atoms with E-state index in [-0.39, 0.29) is 5.82 Å². The molecule has 0 bridgehead atoms. The molecule has 0 spiro atoms. The molecule has 112 valence electrons. The molecular weight excluding hydrogens is 339 g/mol. The number of aromatic nitrogens is 2. The second kappa shape index (κ2) is 6.64. The Labute approximate surface area is 130 Å². The van der Waals surface area contributed by atoms with Crippen molar-refractivity contribution in [2.75, 3.05) is 26.2 Å². The minimum absolute atomic E-state index is 0.306. The van der Waals surface area contributed by atoms with Gasteiger partial charge in [0.2, 0.25) is 11.7 Å². The Morgan fingerprint density at radius 2 is 2.24 bits per heavy atom. The molecule has 1 fully saturated rings. The van der Waals surface area contributed by atoms with Crippen molar-refractivity contribution in [3.05, 3.63) is 34.4 Å². The van der Waals surface area contributed by atoms with E-state index in [0.29, 0.717) is 22.7 Å². The van der Waals surface area contributed by atoms with E-state index in [2.05, 4.69) is 36.3 Å². The summed E-state index contributed by atoms with van der Waals surface area (Å²) in [5.74, 6) is 0.769. The van der Waals surface area contributed by atoms with Gasteiger partial charge in [0.25, 0.3) is 0 Å². The highest BCUT2D eigenvalue weighted by Gasteiger charge is 2.15. The first kappa shape index (κ1) is 14.6. The first-order valence-corrected chi connectivity index (χ1v) is 7.73. The largest absolute Gasteiger partial charge is 0.338 e. The van der Waals surface area contributed by atoms with Crippen LogP contribution in [0.1, 0.15) is 12.3 Å². The fourth-order valence-electron chi connectivity index (χ4n) is 2.32. The average Bonchev–Trinajstić information content (AvgIpc) is 2.78. The van der Waals surface area contributed by atoms with Gasteiger partial charge in [-0.3, -0.25) is 4.90 Å². The molecule has 7 heteroatoms. The fourth-order valence-corrected chi connectivity index (χ4v) is 2.70. The predicted molar refractivity (Wildman–Crippen MR) is 80.2 cm³/mol. The molecular formula is C14H16BrFN4O. The van der Waals surface area contributed by atoms with Crippen molar-refractivity contribution in [1.29, 1.82) is 0 Å². The van der Waals surface area contributed by atoms with Crippen LogP contribution in [0.25, 0.3) is 11.4 Å². The lowest BCUT2D eigenvalue weighted by Crippen LogP contribution is -2.27. The Hall–Kier alpha value is -1.31. The zero-order valence-corrected chi connectivity index (χ0v) is 13.1. The van der Waals surface area contributed by atoms with Crippen molar-refractivity contribution >= 4 is 15.9 Å². The van der Waals surface area contributed by atoms with Crippen LogP contribution in [0.3, 0.4) is 0 Å². The number of benzene rings is 1. The van der Waals surface area contributed by atoms with Crippen LogP contribution in [-0.2, 0) is 6.54 Å². The highest BCUT2D eigenvalue weighted by atomic mass is 79.9. The lowest BCUT2D eigenvalue weighted by molar-refractivity contribution is 0.239. The molecule has 21 heavy (non-hydrogen) atoms. The Morgan fingerprint density at radius 3 is 3.10 bits per heavy atom. The van der Waals surface area contributed by atoms with Crippen LogP contribution in [0, 0.1) is 5.82 Å². The molecule has 2 aromatic rings. The third-order valence-electron chi connectivity index (χ3n) is 3.44. The molecule has 5 nitrogen and oxygen atoms in total. The summed E-state index contributed by atoms with van der Waals surface area (Å²) in [6, 6.07) is 4.68. The quantitative estimate of drug-likeness (QED) is 0.917. The Bertz CT molecular complexity index is 611. The predicted octanol–water partition coefficient (Wildman–Crippen LogP) is 2.43. The summed E-state index contributed by atoms with van der Waals surface area (Å²) in [5, 5.41) is 7.33. The standard InChI is InChI=1S/C14H16BrFN4O/c15-11-8-10(2-3-12(11)16)14-18-13(21-19-14)9-20-6-1-4-17-5-7-20/h2-3,8,17H,1,4-7,9H2. The van der Waals surface area contributed by atoms with Crippen LogP contribution in [0.5, 0.6) is 0 Å². The van der Waals surface area contributed by atoms with Crippen molar-refractivity contribution in [3.63, 3.8) is 0 Å². The lowest BCUT2D eigenvalue weighted by atomic mass is 10.2. The number of hydrogen-bond acceptors (Lipinski definition) is 5. The summed E-state index contributed by atoms with van der Waals surface area (Å²) < 4.78 is 18.9. The van der Waals surface area contributed by atoms with E-state index in [9.17, 15) is 4.39 Å². The molecule has 3 rings (SSSR count). The molecule has 1 saturated heterocycles. The van der Waals surface area contributed by atoms with Crippen LogP contribution in [0.2, 0.25) is 0 Å². The molecule has 0 saturated carbocycles. The number of nitrogens with zero attached hydrogens (tertiary/aromatic N) is 3. The van der Waals surface area contributed by atoms with Gasteiger partial charge < -0.3 is 9.84 Å². The van der Waals surface area contributed by atoms with Gasteiger partial charge in [0.1, 0.15) is 5.82 Å². The number of hydrogen-bond donors (Lipinski definition) is 1. The molecule has 0 aliphatic carbocycles. The van der Waals surface area contributed by atoms with Gasteiger partial charge in [0, 0.05) is 18.7 Å². The van der Waals surface area contributed by atoms with Crippen LogP contribution < -0.4 is 5.32 Å². The van der Waals surface area contributed by atoms with Gasteiger partial charge in [-0.15, -0.1) is 0 Å². The molecule has 0 radical (unpaired) electrons. The van der Waals surface area contributed by atoms with Crippen LogP contribution >= 0.6 is 15.9 Å². The molecule has 1 aromatic carbocycles. The third kappa shape index (κ3) is 3.66. The van der Waals surface area contributed by atoms with E-state index in [0.717, 1.165) is 38.2 Å². The van der Waals surface area contributed by atoms with Crippen molar-refractivity contribution in [1.82, 2.24) is 20.4 Å². The Kier molecular flexibility index (Phi) is 4.62. The molecule has 1 N–H and O–H groups in total. The van der Waals surface area contributed by atoms with E-state index in [1.165, 1.54) is 6.07 Å². The van der Waals surface area contributed by atoms with E-state index in [1.807, 2.05) is 0 Å². The van der Waals surface area contributed by atoms with Gasteiger partial charge in [0.05, 0.1) is 11.0 Å². The van der Waals surface area contributed by atoms with Gasteiger partial charge in [0.15, 0.2) is 0 Å². The lowest BCUT2D eigenvalue weighted by Gasteiger charge is -2.16. The second-order valence-electron chi connectivity index (χ2n) is 5.02. The van der Waals surface area contributed by atoms with Gasteiger partial charge in [-0.25, -0.2) is 4.39 Å². The Morgan fingerprint density at radius 1 is 1.33 bits per heavy atom. The minimum Gasteiger partial charge on any atom is -0.338 e. The molecule has 1 aliphatic heterocycles. The van der Waals surface area contributed by atoms with Crippen LogP contribution in [0.4, 0.5) is 4.39 Å². The molecule has 1 aromatic heterocycles. The van der Waals surface area contributed by atoms with Crippen molar-refractivity contribution < 1.29 is 8.91 Å². The first-order chi connectivity index (χ1) is 10.2. The smallest absolute Gasteiger partial charge is 0.241 e. The second-order valence-corrected chi connectivity index (χ2v) is 5.87. The molecule has 2 heterocycles. The minimum atomic E-state index is -0.306. The van der Waals surface area contributed by atoms with Gasteiger partial charge >= 0.3 is 0 Å². The zero-order chi connectivity index (χ0) is 14.7. The first-order valence-electron chi connectivity index (χ1n) is 6.93. The summed E-state index contributed by atoms with van der Waals surface area (Å²) in [6.07, 6.45) is 1.12. The zero-order valence-electron chi connectivity index (χ0n) is 11.5. The van der Waals surface area contributed by atoms with Crippen LogP contribution in [0.15, 0.2) is 27.2 Å².